The lowest BCUT2D eigenvalue weighted by Crippen LogP contribution is -2.50. The molecule has 1 atom stereocenters. The van der Waals surface area contributed by atoms with Gasteiger partial charge in [0, 0.05) is 18.7 Å². The van der Waals surface area contributed by atoms with E-state index in [-0.39, 0.29) is 17.5 Å². The van der Waals surface area contributed by atoms with Gasteiger partial charge in [0.2, 0.25) is 0 Å². The first-order chi connectivity index (χ1) is 8.41. The second-order valence-electron chi connectivity index (χ2n) is 5.52. The Morgan fingerprint density at radius 1 is 1.50 bits per heavy atom. The minimum Gasteiger partial charge on any atom is -0.484 e. The van der Waals surface area contributed by atoms with Crippen LogP contribution < -0.4 is 15.4 Å². The fourth-order valence-electron chi connectivity index (χ4n) is 2.27. The molecular formula is C14H21FN2O. The van der Waals surface area contributed by atoms with Gasteiger partial charge in [0.15, 0.2) is 0 Å². The SMILES string of the molecule is CCC(N)CN1CC(C)(C)Oc2ccc(F)cc21. The summed E-state index contributed by atoms with van der Waals surface area (Å²) < 4.78 is 19.2. The number of benzene rings is 1. The molecule has 0 spiro atoms. The quantitative estimate of drug-likeness (QED) is 0.898. The maximum Gasteiger partial charge on any atom is 0.143 e. The maximum absolute atomic E-state index is 13.4. The Kier molecular flexibility index (Phi) is 3.48. The number of hydrogen-bond donors (Lipinski definition) is 1. The van der Waals surface area contributed by atoms with Crippen molar-refractivity contribution in [1.29, 1.82) is 0 Å². The topological polar surface area (TPSA) is 38.5 Å². The molecule has 100 valence electrons. The molecule has 0 saturated heterocycles. The standard InChI is InChI=1S/C14H21FN2O/c1-4-11(16)8-17-9-14(2,3)18-13-6-5-10(15)7-12(13)17/h5-7,11H,4,8-9,16H2,1-3H3. The summed E-state index contributed by atoms with van der Waals surface area (Å²) in [5.41, 5.74) is 6.54. The smallest absolute Gasteiger partial charge is 0.143 e. The number of nitrogens with two attached hydrogens (primary N) is 1. The predicted octanol–water partition coefficient (Wildman–Crippen LogP) is 2.54. The summed E-state index contributed by atoms with van der Waals surface area (Å²) in [4.78, 5) is 2.12. The van der Waals surface area contributed by atoms with Crippen LogP contribution in [-0.2, 0) is 0 Å². The third-order valence-electron chi connectivity index (χ3n) is 3.20. The maximum atomic E-state index is 13.4. The van der Waals surface area contributed by atoms with Crippen LogP contribution in [0.2, 0.25) is 0 Å². The lowest BCUT2D eigenvalue weighted by atomic mass is 10.0. The highest BCUT2D eigenvalue weighted by Crippen LogP contribution is 2.37. The number of anilines is 1. The van der Waals surface area contributed by atoms with Crippen LogP contribution in [0.3, 0.4) is 0 Å². The Morgan fingerprint density at radius 3 is 2.89 bits per heavy atom. The summed E-state index contributed by atoms with van der Waals surface area (Å²) in [7, 11) is 0. The molecule has 0 saturated carbocycles. The van der Waals surface area contributed by atoms with Crippen LogP contribution in [0.1, 0.15) is 27.2 Å². The minimum atomic E-state index is -0.279. The van der Waals surface area contributed by atoms with Gasteiger partial charge < -0.3 is 15.4 Å². The molecule has 1 aromatic carbocycles. The zero-order valence-corrected chi connectivity index (χ0v) is 11.2. The first-order valence-corrected chi connectivity index (χ1v) is 6.40. The third-order valence-corrected chi connectivity index (χ3v) is 3.20. The van der Waals surface area contributed by atoms with E-state index in [9.17, 15) is 4.39 Å². The fourth-order valence-corrected chi connectivity index (χ4v) is 2.27. The van der Waals surface area contributed by atoms with E-state index in [1.807, 2.05) is 13.8 Å². The molecule has 1 unspecified atom stereocenters. The van der Waals surface area contributed by atoms with Gasteiger partial charge in [-0.05, 0) is 32.4 Å². The van der Waals surface area contributed by atoms with Crippen LogP contribution in [0.5, 0.6) is 5.75 Å². The van der Waals surface area contributed by atoms with Gasteiger partial charge in [-0.2, -0.15) is 0 Å². The van der Waals surface area contributed by atoms with Crippen LogP contribution in [0, 0.1) is 5.82 Å². The van der Waals surface area contributed by atoms with E-state index < -0.39 is 0 Å². The largest absolute Gasteiger partial charge is 0.484 e. The molecule has 0 aliphatic carbocycles. The molecule has 1 heterocycles. The summed E-state index contributed by atoms with van der Waals surface area (Å²) in [5, 5.41) is 0. The predicted molar refractivity (Wildman–Crippen MR) is 71.6 cm³/mol. The van der Waals surface area contributed by atoms with Crippen LogP contribution in [0.25, 0.3) is 0 Å². The lowest BCUT2D eigenvalue weighted by Gasteiger charge is -2.41. The van der Waals surface area contributed by atoms with Crippen molar-refractivity contribution in [1.82, 2.24) is 0 Å². The zero-order chi connectivity index (χ0) is 13.3. The monoisotopic (exact) mass is 252 g/mol. The Hall–Kier alpha value is -1.29. The Labute approximate surface area is 108 Å². The van der Waals surface area contributed by atoms with Gasteiger partial charge in [0.05, 0.1) is 12.2 Å². The van der Waals surface area contributed by atoms with Crippen LogP contribution >= 0.6 is 0 Å². The molecule has 1 aromatic rings. The highest BCUT2D eigenvalue weighted by atomic mass is 19.1. The van der Waals surface area contributed by atoms with E-state index >= 15 is 0 Å². The lowest BCUT2D eigenvalue weighted by molar-refractivity contribution is 0.104. The van der Waals surface area contributed by atoms with E-state index in [0.717, 1.165) is 30.9 Å². The summed E-state index contributed by atoms with van der Waals surface area (Å²) in [6.45, 7) is 7.56. The first kappa shape index (κ1) is 13.1. The molecule has 2 N–H and O–H groups in total. The molecule has 0 aromatic heterocycles. The van der Waals surface area contributed by atoms with Gasteiger partial charge in [-0.1, -0.05) is 6.92 Å². The Bertz CT molecular complexity index is 434. The molecule has 3 nitrogen and oxygen atoms in total. The van der Waals surface area contributed by atoms with Crippen molar-refractivity contribution in [3.63, 3.8) is 0 Å². The molecule has 0 amide bonds. The molecule has 1 aliphatic rings. The van der Waals surface area contributed by atoms with Crippen molar-refractivity contribution >= 4 is 5.69 Å². The number of nitrogens with zero attached hydrogens (tertiary/aromatic N) is 1. The zero-order valence-electron chi connectivity index (χ0n) is 11.2. The molecule has 1 aliphatic heterocycles. The van der Waals surface area contributed by atoms with E-state index in [1.165, 1.54) is 12.1 Å². The van der Waals surface area contributed by atoms with Crippen LogP contribution in [0.4, 0.5) is 10.1 Å². The summed E-state index contributed by atoms with van der Waals surface area (Å²) in [6, 6.07) is 4.73. The van der Waals surface area contributed by atoms with Gasteiger partial charge in [0.25, 0.3) is 0 Å². The first-order valence-electron chi connectivity index (χ1n) is 6.40. The molecular weight excluding hydrogens is 231 g/mol. The van der Waals surface area contributed by atoms with Crippen molar-refractivity contribution in [3.8, 4) is 5.75 Å². The van der Waals surface area contributed by atoms with Crippen molar-refractivity contribution in [3.05, 3.63) is 24.0 Å². The number of rotatable bonds is 3. The highest BCUT2D eigenvalue weighted by Gasteiger charge is 2.32. The van der Waals surface area contributed by atoms with Crippen molar-refractivity contribution in [2.45, 2.75) is 38.8 Å². The Morgan fingerprint density at radius 2 is 2.22 bits per heavy atom. The summed E-state index contributed by atoms with van der Waals surface area (Å²) in [6.07, 6.45) is 0.905. The molecule has 0 bridgehead atoms. The second-order valence-corrected chi connectivity index (χ2v) is 5.52. The highest BCUT2D eigenvalue weighted by molar-refractivity contribution is 5.61. The molecule has 0 radical (unpaired) electrons. The average molecular weight is 252 g/mol. The van der Waals surface area contributed by atoms with Gasteiger partial charge in [-0.3, -0.25) is 0 Å². The normalized spacial score (nSPS) is 19.1. The minimum absolute atomic E-state index is 0.0926. The van der Waals surface area contributed by atoms with Crippen LogP contribution in [-0.4, -0.2) is 24.7 Å². The Balaban J connectivity index is 2.32. The average Bonchev–Trinajstić information content (AvgIpc) is 2.29. The van der Waals surface area contributed by atoms with Gasteiger partial charge in [-0.25, -0.2) is 4.39 Å². The van der Waals surface area contributed by atoms with Crippen molar-refractivity contribution in [2.75, 3.05) is 18.0 Å². The summed E-state index contributed by atoms with van der Waals surface area (Å²) in [5.74, 6) is 0.489. The summed E-state index contributed by atoms with van der Waals surface area (Å²) >= 11 is 0. The number of halogens is 1. The van der Waals surface area contributed by atoms with Gasteiger partial charge in [0.1, 0.15) is 17.2 Å². The van der Waals surface area contributed by atoms with E-state index in [2.05, 4.69) is 11.8 Å². The number of hydrogen-bond acceptors (Lipinski definition) is 3. The van der Waals surface area contributed by atoms with Crippen molar-refractivity contribution < 1.29 is 9.13 Å². The molecule has 0 fully saturated rings. The fraction of sp³-hybridized carbons (Fsp3) is 0.571. The molecule has 4 heteroatoms. The second kappa shape index (κ2) is 4.76. The van der Waals surface area contributed by atoms with E-state index in [1.54, 1.807) is 6.07 Å². The van der Waals surface area contributed by atoms with Gasteiger partial charge in [-0.15, -0.1) is 0 Å². The number of ether oxygens (including phenoxy) is 1. The van der Waals surface area contributed by atoms with Crippen molar-refractivity contribution in [2.24, 2.45) is 5.73 Å². The van der Waals surface area contributed by atoms with E-state index in [4.69, 9.17) is 10.5 Å². The van der Waals surface area contributed by atoms with E-state index in [0.29, 0.717) is 0 Å². The molecule has 18 heavy (non-hydrogen) atoms. The third kappa shape index (κ3) is 2.75. The van der Waals surface area contributed by atoms with Gasteiger partial charge >= 0.3 is 0 Å². The molecule has 2 rings (SSSR count). The van der Waals surface area contributed by atoms with Crippen LogP contribution in [0.15, 0.2) is 18.2 Å². The number of fused-ring (bicyclic) bond motifs is 1.